The summed E-state index contributed by atoms with van der Waals surface area (Å²) < 4.78 is 10.5. The Labute approximate surface area is 142 Å². The molecule has 5 nitrogen and oxygen atoms in total. The monoisotopic (exact) mass is 326 g/mol. The maximum Gasteiger partial charge on any atom is 0.255 e. The van der Waals surface area contributed by atoms with Gasteiger partial charge in [-0.1, -0.05) is 18.2 Å². The van der Waals surface area contributed by atoms with Gasteiger partial charge in [-0.15, -0.1) is 0 Å². The van der Waals surface area contributed by atoms with Gasteiger partial charge in [0.15, 0.2) is 0 Å². The second-order valence-corrected chi connectivity index (χ2v) is 5.81. The van der Waals surface area contributed by atoms with Crippen molar-refractivity contribution >= 4 is 11.6 Å². The lowest BCUT2D eigenvalue weighted by Gasteiger charge is -2.19. The molecular formula is C19H22N2O3. The predicted octanol–water partition coefficient (Wildman–Crippen LogP) is 2.71. The quantitative estimate of drug-likeness (QED) is 0.918. The second-order valence-electron chi connectivity index (χ2n) is 5.81. The number of para-hydroxylation sites is 1. The Morgan fingerprint density at radius 1 is 1.12 bits per heavy atom. The van der Waals surface area contributed by atoms with Crippen LogP contribution in [0.4, 0.5) is 5.69 Å². The van der Waals surface area contributed by atoms with Crippen LogP contribution in [0, 0.1) is 0 Å². The fraction of sp³-hybridized carbons (Fsp3) is 0.316. The molecule has 0 spiro atoms. The minimum absolute atomic E-state index is 0.116. The molecule has 0 aromatic heterocycles. The number of rotatable bonds is 5. The summed E-state index contributed by atoms with van der Waals surface area (Å²) in [7, 11) is 3.14. The zero-order chi connectivity index (χ0) is 16.9. The van der Waals surface area contributed by atoms with Crippen LogP contribution in [0.2, 0.25) is 0 Å². The molecule has 1 atom stereocenters. The lowest BCUT2D eigenvalue weighted by Crippen LogP contribution is -2.37. The van der Waals surface area contributed by atoms with E-state index in [1.807, 2.05) is 18.2 Å². The van der Waals surface area contributed by atoms with Crippen LogP contribution in [0.5, 0.6) is 11.5 Å². The molecule has 1 saturated heterocycles. The van der Waals surface area contributed by atoms with Gasteiger partial charge in [0.25, 0.3) is 5.91 Å². The number of hydrogen-bond donors (Lipinski definition) is 1. The van der Waals surface area contributed by atoms with Gasteiger partial charge in [-0.2, -0.15) is 0 Å². The number of ether oxygens (including phenoxy) is 2. The van der Waals surface area contributed by atoms with Crippen molar-refractivity contribution in [2.75, 3.05) is 32.2 Å². The Bertz CT molecular complexity index is 703. The van der Waals surface area contributed by atoms with E-state index in [9.17, 15) is 4.79 Å². The van der Waals surface area contributed by atoms with E-state index < -0.39 is 0 Å². The van der Waals surface area contributed by atoms with Crippen LogP contribution in [0.1, 0.15) is 16.8 Å². The Morgan fingerprint density at radius 3 is 2.62 bits per heavy atom. The number of amides is 1. The molecule has 1 aliphatic rings. The number of carbonyl (C=O) groups is 1. The molecule has 2 aromatic rings. The zero-order valence-corrected chi connectivity index (χ0v) is 14.0. The van der Waals surface area contributed by atoms with E-state index in [4.69, 9.17) is 9.47 Å². The molecule has 5 heteroatoms. The topological polar surface area (TPSA) is 50.8 Å². The summed E-state index contributed by atoms with van der Waals surface area (Å²) in [4.78, 5) is 14.9. The van der Waals surface area contributed by atoms with Gasteiger partial charge in [0.1, 0.15) is 11.5 Å². The van der Waals surface area contributed by atoms with Gasteiger partial charge < -0.3 is 19.7 Å². The highest BCUT2D eigenvalue weighted by molar-refractivity contribution is 5.97. The third-order valence-corrected chi connectivity index (χ3v) is 4.30. The number of carbonyl (C=O) groups excluding carboxylic acids is 1. The Hall–Kier alpha value is -2.69. The molecule has 0 radical (unpaired) electrons. The number of nitrogens with one attached hydrogen (secondary N) is 1. The Kier molecular flexibility index (Phi) is 4.89. The van der Waals surface area contributed by atoms with Crippen molar-refractivity contribution in [1.29, 1.82) is 0 Å². The number of anilines is 1. The predicted molar refractivity (Wildman–Crippen MR) is 94.1 cm³/mol. The molecule has 2 aromatic carbocycles. The maximum atomic E-state index is 12.6. The minimum atomic E-state index is -0.116. The van der Waals surface area contributed by atoms with Crippen LogP contribution in [-0.2, 0) is 0 Å². The molecule has 1 amide bonds. The average Bonchev–Trinajstić information content (AvgIpc) is 3.10. The smallest absolute Gasteiger partial charge is 0.255 e. The van der Waals surface area contributed by atoms with E-state index in [0.717, 1.165) is 19.5 Å². The molecule has 1 heterocycles. The van der Waals surface area contributed by atoms with Crippen molar-refractivity contribution in [3.05, 3.63) is 54.1 Å². The van der Waals surface area contributed by atoms with Crippen LogP contribution < -0.4 is 19.7 Å². The Balaban J connectivity index is 1.66. The maximum absolute atomic E-state index is 12.6. The van der Waals surface area contributed by atoms with Crippen molar-refractivity contribution < 1.29 is 14.3 Å². The molecule has 24 heavy (non-hydrogen) atoms. The summed E-state index contributed by atoms with van der Waals surface area (Å²) >= 11 is 0. The molecular weight excluding hydrogens is 304 g/mol. The molecule has 126 valence electrons. The standard InChI is InChI=1S/C19H22N2O3/c1-23-16-8-9-17(18(12-16)24-2)19(22)20-14-10-11-21(13-14)15-6-4-3-5-7-15/h3-9,12,14H,10-11,13H2,1-2H3,(H,20,22)/t14-/m0/s1. The van der Waals surface area contributed by atoms with Crippen molar-refractivity contribution in [1.82, 2.24) is 5.32 Å². The van der Waals surface area contributed by atoms with Crippen LogP contribution in [0.3, 0.4) is 0 Å². The van der Waals surface area contributed by atoms with Crippen molar-refractivity contribution in [3.8, 4) is 11.5 Å². The summed E-state index contributed by atoms with van der Waals surface area (Å²) in [5, 5.41) is 3.11. The van der Waals surface area contributed by atoms with Gasteiger partial charge in [0.2, 0.25) is 0 Å². The van der Waals surface area contributed by atoms with Crippen molar-refractivity contribution in [2.24, 2.45) is 0 Å². The average molecular weight is 326 g/mol. The van der Waals surface area contributed by atoms with Gasteiger partial charge in [-0.25, -0.2) is 0 Å². The number of methoxy groups -OCH3 is 2. The van der Waals surface area contributed by atoms with E-state index in [1.54, 1.807) is 32.4 Å². The normalized spacial score (nSPS) is 16.8. The van der Waals surface area contributed by atoms with E-state index in [1.165, 1.54) is 5.69 Å². The fourth-order valence-electron chi connectivity index (χ4n) is 3.00. The highest BCUT2D eigenvalue weighted by Crippen LogP contribution is 2.25. The number of hydrogen-bond acceptors (Lipinski definition) is 4. The summed E-state index contributed by atoms with van der Waals surface area (Å²) in [6, 6.07) is 15.6. The van der Waals surface area contributed by atoms with Crippen LogP contribution in [-0.4, -0.2) is 39.3 Å². The first-order valence-electron chi connectivity index (χ1n) is 8.04. The molecule has 3 rings (SSSR count). The van der Waals surface area contributed by atoms with E-state index >= 15 is 0 Å². The van der Waals surface area contributed by atoms with Gasteiger partial charge in [-0.05, 0) is 30.7 Å². The van der Waals surface area contributed by atoms with Gasteiger partial charge >= 0.3 is 0 Å². The third kappa shape index (κ3) is 3.45. The summed E-state index contributed by atoms with van der Waals surface area (Å²) in [5.41, 5.74) is 1.72. The van der Waals surface area contributed by atoms with Crippen LogP contribution in [0.25, 0.3) is 0 Å². The molecule has 1 fully saturated rings. The largest absolute Gasteiger partial charge is 0.497 e. The van der Waals surface area contributed by atoms with E-state index in [0.29, 0.717) is 17.1 Å². The molecule has 0 unspecified atom stereocenters. The van der Waals surface area contributed by atoms with Gasteiger partial charge in [0.05, 0.1) is 19.8 Å². The first-order chi connectivity index (χ1) is 11.7. The van der Waals surface area contributed by atoms with Crippen LogP contribution in [0.15, 0.2) is 48.5 Å². The lowest BCUT2D eigenvalue weighted by atomic mass is 10.1. The fourth-order valence-corrected chi connectivity index (χ4v) is 3.00. The molecule has 0 saturated carbocycles. The second kappa shape index (κ2) is 7.25. The SMILES string of the molecule is COc1ccc(C(=O)N[C@H]2CCN(c3ccccc3)C2)c(OC)c1. The molecule has 0 aliphatic carbocycles. The van der Waals surface area contributed by atoms with Gasteiger partial charge in [0, 0.05) is 30.9 Å². The first kappa shape index (κ1) is 16.2. The van der Waals surface area contributed by atoms with E-state index in [2.05, 4.69) is 22.3 Å². The first-order valence-corrected chi connectivity index (χ1v) is 8.04. The van der Waals surface area contributed by atoms with Gasteiger partial charge in [-0.3, -0.25) is 4.79 Å². The lowest BCUT2D eigenvalue weighted by molar-refractivity contribution is 0.0937. The van der Waals surface area contributed by atoms with E-state index in [-0.39, 0.29) is 11.9 Å². The summed E-state index contributed by atoms with van der Waals surface area (Å²) in [6.07, 6.45) is 0.930. The highest BCUT2D eigenvalue weighted by atomic mass is 16.5. The third-order valence-electron chi connectivity index (χ3n) is 4.30. The van der Waals surface area contributed by atoms with Crippen LogP contribution >= 0.6 is 0 Å². The summed E-state index contributed by atoms with van der Waals surface area (Å²) in [6.45, 7) is 1.75. The zero-order valence-electron chi connectivity index (χ0n) is 14.0. The number of nitrogens with zero attached hydrogens (tertiary/aromatic N) is 1. The Morgan fingerprint density at radius 2 is 1.92 bits per heavy atom. The highest BCUT2D eigenvalue weighted by Gasteiger charge is 2.25. The van der Waals surface area contributed by atoms with Crippen molar-refractivity contribution in [3.63, 3.8) is 0 Å². The molecule has 1 aliphatic heterocycles. The molecule has 0 bridgehead atoms. The number of benzene rings is 2. The molecule has 1 N–H and O–H groups in total. The minimum Gasteiger partial charge on any atom is -0.497 e. The van der Waals surface area contributed by atoms with Crippen molar-refractivity contribution in [2.45, 2.75) is 12.5 Å². The summed E-state index contributed by atoms with van der Waals surface area (Å²) in [5.74, 6) is 1.07.